The number of carbonyl (C=O) groups excluding carboxylic acids is 2. The third-order valence-corrected chi connectivity index (χ3v) is 5.58. The second-order valence-corrected chi connectivity index (χ2v) is 7.97. The number of Topliss-reactive ketones (excluding diaryl/α,β-unsaturated/α-hetero) is 1. The number of ketones is 1. The molecule has 1 aromatic heterocycles. The van der Waals surface area contributed by atoms with Crippen molar-refractivity contribution in [3.8, 4) is 17.2 Å². The molecule has 1 aliphatic rings. The molecule has 9 nitrogen and oxygen atoms in total. The lowest BCUT2D eigenvalue weighted by Gasteiger charge is -2.29. The Morgan fingerprint density at radius 3 is 2.21 bits per heavy atom. The lowest BCUT2D eigenvalue weighted by Crippen LogP contribution is -3.05. The molecule has 0 bridgehead atoms. The number of methoxy groups -OCH3 is 3. The molecule has 1 saturated heterocycles. The maximum atomic E-state index is 13.4. The summed E-state index contributed by atoms with van der Waals surface area (Å²) in [6, 6.07) is 5.40. The van der Waals surface area contributed by atoms with Crippen LogP contribution < -0.4 is 24.2 Å². The summed E-state index contributed by atoms with van der Waals surface area (Å²) in [5.74, 6) is -0.826. The van der Waals surface area contributed by atoms with E-state index in [2.05, 4.69) is 4.98 Å². The average molecular weight is 456 g/mol. The van der Waals surface area contributed by atoms with E-state index in [1.165, 1.54) is 55.7 Å². The van der Waals surface area contributed by atoms with Gasteiger partial charge in [0.1, 0.15) is 5.75 Å². The smallest absolute Gasteiger partial charge is 0.295 e. The largest absolute Gasteiger partial charge is 0.872 e. The van der Waals surface area contributed by atoms with Crippen LogP contribution in [0.25, 0.3) is 5.76 Å². The van der Waals surface area contributed by atoms with Gasteiger partial charge in [-0.2, -0.15) is 0 Å². The summed E-state index contributed by atoms with van der Waals surface area (Å²) >= 11 is 0. The number of quaternary nitrogens is 1. The van der Waals surface area contributed by atoms with Gasteiger partial charge < -0.3 is 29.1 Å². The van der Waals surface area contributed by atoms with E-state index in [-0.39, 0.29) is 11.1 Å². The van der Waals surface area contributed by atoms with E-state index in [1.54, 1.807) is 12.1 Å². The van der Waals surface area contributed by atoms with Gasteiger partial charge in [0, 0.05) is 42.6 Å². The number of nitrogens with zero attached hydrogens (tertiary/aromatic N) is 2. The number of likely N-dealkylation sites (tertiary alicyclic amines) is 1. The number of benzene rings is 1. The fourth-order valence-electron chi connectivity index (χ4n) is 3.95. The van der Waals surface area contributed by atoms with Crippen molar-refractivity contribution in [1.29, 1.82) is 0 Å². The van der Waals surface area contributed by atoms with Crippen molar-refractivity contribution in [2.24, 2.45) is 0 Å². The van der Waals surface area contributed by atoms with Crippen molar-refractivity contribution in [2.75, 3.05) is 48.5 Å². The second-order valence-electron chi connectivity index (χ2n) is 7.97. The van der Waals surface area contributed by atoms with Crippen LogP contribution >= 0.6 is 0 Å². The maximum absolute atomic E-state index is 13.4. The molecule has 1 amide bonds. The summed E-state index contributed by atoms with van der Waals surface area (Å²) in [6.45, 7) is 1.10. The molecule has 1 unspecified atom stereocenters. The van der Waals surface area contributed by atoms with E-state index >= 15 is 0 Å². The van der Waals surface area contributed by atoms with Gasteiger partial charge in [0.2, 0.25) is 5.78 Å². The Kier molecular flexibility index (Phi) is 7.55. The third kappa shape index (κ3) is 4.78. The highest BCUT2D eigenvalue weighted by molar-refractivity contribution is 6.46. The van der Waals surface area contributed by atoms with Gasteiger partial charge >= 0.3 is 0 Å². The van der Waals surface area contributed by atoms with Gasteiger partial charge in [-0.3, -0.25) is 14.6 Å². The molecule has 1 N–H and O–H groups in total. The van der Waals surface area contributed by atoms with Gasteiger partial charge in [-0.1, -0.05) is 5.76 Å². The molecule has 3 rings (SSSR count). The highest BCUT2D eigenvalue weighted by atomic mass is 16.5. The molecular weight excluding hydrogens is 426 g/mol. The van der Waals surface area contributed by atoms with E-state index in [4.69, 9.17) is 14.2 Å². The first kappa shape index (κ1) is 24.1. The van der Waals surface area contributed by atoms with Gasteiger partial charge in [-0.15, -0.1) is 0 Å². The zero-order valence-electron chi connectivity index (χ0n) is 19.5. The zero-order valence-corrected chi connectivity index (χ0v) is 19.5. The fourth-order valence-corrected chi connectivity index (χ4v) is 3.95. The molecule has 0 saturated carbocycles. The number of hydrogen-bond acceptors (Lipinski definition) is 7. The number of amides is 1. The van der Waals surface area contributed by atoms with Crippen LogP contribution in [0.4, 0.5) is 0 Å². The quantitative estimate of drug-likeness (QED) is 0.319. The van der Waals surface area contributed by atoms with Crippen molar-refractivity contribution in [3.63, 3.8) is 0 Å². The second kappa shape index (κ2) is 10.4. The maximum Gasteiger partial charge on any atom is 0.295 e. The Morgan fingerprint density at radius 1 is 1.03 bits per heavy atom. The predicted octanol–water partition coefficient (Wildman–Crippen LogP) is -0.134. The molecule has 1 aromatic carbocycles. The normalized spacial score (nSPS) is 17.5. The number of rotatable bonds is 9. The SMILES string of the molecule is COc1cc(OC)c(C2C(=C([O-])c3ccncc3)C(=O)C(=O)N2CCC[NH+](C)C)cc1OC. The number of carbonyl (C=O) groups is 2. The van der Waals surface area contributed by atoms with Crippen molar-refractivity contribution in [2.45, 2.75) is 12.5 Å². The van der Waals surface area contributed by atoms with Gasteiger partial charge in [0.15, 0.2) is 11.5 Å². The number of aromatic nitrogens is 1. The van der Waals surface area contributed by atoms with Crippen molar-refractivity contribution in [3.05, 3.63) is 53.4 Å². The van der Waals surface area contributed by atoms with Crippen LogP contribution in [-0.4, -0.2) is 70.1 Å². The Labute approximate surface area is 193 Å². The first-order valence-electron chi connectivity index (χ1n) is 10.6. The minimum absolute atomic E-state index is 0.117. The summed E-state index contributed by atoms with van der Waals surface area (Å²) in [5, 5.41) is 13.4. The van der Waals surface area contributed by atoms with Crippen LogP contribution in [0.1, 0.15) is 23.6 Å². The summed E-state index contributed by atoms with van der Waals surface area (Å²) in [6.07, 6.45) is 3.60. The van der Waals surface area contributed by atoms with Crippen molar-refractivity contribution < 1.29 is 33.8 Å². The van der Waals surface area contributed by atoms with Gasteiger partial charge in [-0.05, 0) is 23.8 Å². The fraction of sp³-hybridized carbons (Fsp3) is 0.375. The average Bonchev–Trinajstić information content (AvgIpc) is 3.07. The van der Waals surface area contributed by atoms with Crippen LogP contribution in [0.3, 0.4) is 0 Å². The molecule has 1 fully saturated rings. The van der Waals surface area contributed by atoms with Crippen molar-refractivity contribution >= 4 is 17.4 Å². The first-order chi connectivity index (χ1) is 15.8. The van der Waals surface area contributed by atoms with E-state index < -0.39 is 23.5 Å². The molecule has 176 valence electrons. The minimum atomic E-state index is -0.919. The van der Waals surface area contributed by atoms with Gasteiger partial charge in [0.05, 0.1) is 48.0 Å². The summed E-state index contributed by atoms with van der Waals surface area (Å²) in [7, 11) is 8.49. The number of pyridine rings is 1. The van der Waals surface area contributed by atoms with Crippen LogP contribution in [-0.2, 0) is 9.59 Å². The van der Waals surface area contributed by atoms with Gasteiger partial charge in [-0.25, -0.2) is 0 Å². The summed E-state index contributed by atoms with van der Waals surface area (Å²) in [4.78, 5) is 32.8. The van der Waals surface area contributed by atoms with Crippen LogP contribution in [0, 0.1) is 0 Å². The molecule has 2 heterocycles. The molecule has 1 aliphatic heterocycles. The number of nitrogens with one attached hydrogen (secondary N) is 1. The Bertz CT molecular complexity index is 1050. The molecule has 9 heteroatoms. The molecule has 33 heavy (non-hydrogen) atoms. The Balaban J connectivity index is 2.22. The predicted molar refractivity (Wildman–Crippen MR) is 119 cm³/mol. The van der Waals surface area contributed by atoms with Crippen molar-refractivity contribution in [1.82, 2.24) is 9.88 Å². The van der Waals surface area contributed by atoms with Crippen LogP contribution in [0.2, 0.25) is 0 Å². The molecule has 0 radical (unpaired) electrons. The number of hydrogen-bond donors (Lipinski definition) is 1. The monoisotopic (exact) mass is 455 g/mol. The third-order valence-electron chi connectivity index (χ3n) is 5.58. The van der Waals surface area contributed by atoms with Crippen LogP contribution in [0.5, 0.6) is 17.2 Å². The van der Waals surface area contributed by atoms with E-state index in [0.29, 0.717) is 35.8 Å². The lowest BCUT2D eigenvalue weighted by atomic mass is 9.94. The molecule has 2 aromatic rings. The lowest BCUT2D eigenvalue weighted by molar-refractivity contribution is -0.858. The summed E-state index contributed by atoms with van der Waals surface area (Å²) in [5.41, 5.74) is 0.642. The topological polar surface area (TPSA) is 105 Å². The molecule has 1 atom stereocenters. The standard InChI is InChI=1S/C24H29N3O6/c1-26(2)11-6-12-27-21(16-13-18(32-4)19(33-5)14-17(16)31-3)20(23(29)24(27)30)22(28)15-7-9-25-10-8-15/h7-10,13-14,21,28H,6,11-12H2,1-5H3. The van der Waals surface area contributed by atoms with E-state index in [1.807, 2.05) is 14.1 Å². The Hall–Kier alpha value is -3.59. The Morgan fingerprint density at radius 2 is 1.64 bits per heavy atom. The van der Waals surface area contributed by atoms with Crippen LogP contribution in [0.15, 0.2) is 42.2 Å². The van der Waals surface area contributed by atoms with Gasteiger partial charge in [0.25, 0.3) is 5.91 Å². The molecule has 0 aliphatic carbocycles. The number of ether oxygens (including phenoxy) is 3. The molecular formula is C24H29N3O6. The first-order valence-corrected chi connectivity index (χ1v) is 10.6. The zero-order chi connectivity index (χ0) is 24.1. The summed E-state index contributed by atoms with van der Waals surface area (Å²) < 4.78 is 16.4. The van der Waals surface area contributed by atoms with E-state index in [0.717, 1.165) is 6.54 Å². The highest BCUT2D eigenvalue weighted by Crippen LogP contribution is 2.45. The minimum Gasteiger partial charge on any atom is -0.872 e. The highest BCUT2D eigenvalue weighted by Gasteiger charge is 2.45. The van der Waals surface area contributed by atoms with E-state index in [9.17, 15) is 14.7 Å². The molecule has 0 spiro atoms.